The van der Waals surface area contributed by atoms with Crippen LogP contribution < -0.4 is 0 Å². The fourth-order valence-electron chi connectivity index (χ4n) is 2.44. The molecule has 17 heavy (non-hydrogen) atoms. The Morgan fingerprint density at radius 1 is 1.59 bits per heavy atom. The zero-order valence-electron chi connectivity index (χ0n) is 10.4. The Kier molecular flexibility index (Phi) is 3.47. The summed E-state index contributed by atoms with van der Waals surface area (Å²) in [5.74, 6) is 0.0918. The lowest BCUT2D eigenvalue weighted by atomic mass is 10.1. The highest BCUT2D eigenvalue weighted by Gasteiger charge is 2.28. The van der Waals surface area contributed by atoms with Crippen LogP contribution in [0.25, 0.3) is 0 Å². The molecule has 0 spiro atoms. The van der Waals surface area contributed by atoms with Crippen LogP contribution in [0.5, 0.6) is 0 Å². The van der Waals surface area contributed by atoms with Crippen molar-refractivity contribution in [2.24, 2.45) is 0 Å². The number of carbonyl (C=O) groups is 1. The van der Waals surface area contributed by atoms with E-state index >= 15 is 0 Å². The molecule has 1 aliphatic heterocycles. The second kappa shape index (κ2) is 4.87. The van der Waals surface area contributed by atoms with E-state index in [0.29, 0.717) is 6.42 Å². The molecule has 5 nitrogen and oxygen atoms in total. The van der Waals surface area contributed by atoms with Crippen LogP contribution in [0.15, 0.2) is 0 Å². The van der Waals surface area contributed by atoms with E-state index in [1.807, 2.05) is 13.8 Å². The maximum Gasteiger partial charge on any atom is 0.227 e. The Balaban J connectivity index is 2.07. The molecule has 1 fully saturated rings. The average molecular weight is 237 g/mol. The minimum Gasteiger partial charge on any atom is -0.394 e. The zero-order valence-corrected chi connectivity index (χ0v) is 10.4. The van der Waals surface area contributed by atoms with E-state index in [2.05, 4.69) is 10.2 Å². The molecule has 5 heteroatoms. The molecule has 0 bridgehead atoms. The molecule has 1 aromatic rings. The third-order valence-electron chi connectivity index (χ3n) is 3.52. The fraction of sp³-hybridized carbons (Fsp3) is 0.667. The molecule has 2 rings (SSSR count). The number of nitrogens with one attached hydrogen (secondary N) is 1. The molecule has 2 N–H and O–H groups in total. The Bertz CT molecular complexity index is 394. The second-order valence-corrected chi connectivity index (χ2v) is 4.66. The molecule has 0 aromatic carbocycles. The van der Waals surface area contributed by atoms with Crippen molar-refractivity contribution >= 4 is 5.91 Å². The van der Waals surface area contributed by atoms with Crippen LogP contribution in [-0.4, -0.2) is 45.3 Å². The van der Waals surface area contributed by atoms with Crippen molar-refractivity contribution in [3.8, 4) is 0 Å². The number of H-pyrrole nitrogens is 1. The molecule has 1 aromatic heterocycles. The lowest BCUT2D eigenvalue weighted by Gasteiger charge is -2.23. The van der Waals surface area contributed by atoms with Crippen LogP contribution in [0, 0.1) is 13.8 Å². The summed E-state index contributed by atoms with van der Waals surface area (Å²) in [6.07, 6.45) is 2.27. The first-order valence-corrected chi connectivity index (χ1v) is 6.04. The van der Waals surface area contributed by atoms with Crippen molar-refractivity contribution in [2.75, 3.05) is 13.2 Å². The molecule has 0 saturated carbocycles. The van der Waals surface area contributed by atoms with Crippen LogP contribution >= 0.6 is 0 Å². The highest BCUT2D eigenvalue weighted by Crippen LogP contribution is 2.19. The van der Waals surface area contributed by atoms with E-state index in [-0.39, 0.29) is 18.6 Å². The van der Waals surface area contributed by atoms with Gasteiger partial charge in [-0.05, 0) is 26.7 Å². The van der Waals surface area contributed by atoms with Gasteiger partial charge < -0.3 is 10.0 Å². The first-order valence-electron chi connectivity index (χ1n) is 6.04. The van der Waals surface area contributed by atoms with Gasteiger partial charge in [0.25, 0.3) is 0 Å². The van der Waals surface area contributed by atoms with Crippen molar-refractivity contribution in [3.63, 3.8) is 0 Å². The summed E-state index contributed by atoms with van der Waals surface area (Å²) in [6.45, 7) is 4.66. The molecule has 1 amide bonds. The minimum atomic E-state index is 0.00927. The Hall–Kier alpha value is -1.36. The van der Waals surface area contributed by atoms with Gasteiger partial charge in [0.2, 0.25) is 5.91 Å². The molecular weight excluding hydrogens is 218 g/mol. The molecular formula is C12H19N3O2. The first kappa shape index (κ1) is 12.1. The molecule has 1 atom stereocenters. The van der Waals surface area contributed by atoms with Crippen molar-refractivity contribution in [1.82, 2.24) is 15.1 Å². The minimum absolute atomic E-state index is 0.00927. The van der Waals surface area contributed by atoms with Crippen molar-refractivity contribution < 1.29 is 9.90 Å². The average Bonchev–Trinajstić information content (AvgIpc) is 2.90. The summed E-state index contributed by atoms with van der Waals surface area (Å²) in [6, 6.07) is 0.00927. The van der Waals surface area contributed by atoms with Crippen LogP contribution in [0.4, 0.5) is 0 Å². The van der Waals surface area contributed by atoms with Gasteiger partial charge >= 0.3 is 0 Å². The van der Waals surface area contributed by atoms with Gasteiger partial charge in [-0.1, -0.05) is 0 Å². The second-order valence-electron chi connectivity index (χ2n) is 4.66. The number of aliphatic hydroxyl groups is 1. The quantitative estimate of drug-likeness (QED) is 0.806. The van der Waals surface area contributed by atoms with Crippen LogP contribution in [0.3, 0.4) is 0 Å². The highest BCUT2D eigenvalue weighted by atomic mass is 16.3. The standard InChI is InChI=1S/C12H19N3O2/c1-8-11(9(2)14-13-8)6-12(17)15-5-3-4-10(15)7-16/h10,16H,3-7H2,1-2H3,(H,13,14). The van der Waals surface area contributed by atoms with E-state index in [1.54, 1.807) is 4.90 Å². The van der Waals surface area contributed by atoms with E-state index < -0.39 is 0 Å². The maximum absolute atomic E-state index is 12.2. The maximum atomic E-state index is 12.2. The van der Waals surface area contributed by atoms with Crippen molar-refractivity contribution in [1.29, 1.82) is 0 Å². The number of carbonyl (C=O) groups excluding carboxylic acids is 1. The number of rotatable bonds is 3. The van der Waals surface area contributed by atoms with E-state index in [0.717, 1.165) is 36.3 Å². The number of aromatic nitrogens is 2. The monoisotopic (exact) mass is 237 g/mol. The number of amides is 1. The van der Waals surface area contributed by atoms with Gasteiger partial charge in [0.1, 0.15) is 0 Å². The molecule has 94 valence electrons. The summed E-state index contributed by atoms with van der Waals surface area (Å²) < 4.78 is 0. The summed E-state index contributed by atoms with van der Waals surface area (Å²) >= 11 is 0. The number of likely N-dealkylation sites (tertiary alicyclic amines) is 1. The lowest BCUT2D eigenvalue weighted by Crippen LogP contribution is -2.38. The topological polar surface area (TPSA) is 69.2 Å². The van der Waals surface area contributed by atoms with Gasteiger partial charge in [-0.25, -0.2) is 0 Å². The van der Waals surface area contributed by atoms with Gasteiger partial charge in [-0.3, -0.25) is 9.89 Å². The predicted molar refractivity (Wildman–Crippen MR) is 63.6 cm³/mol. The van der Waals surface area contributed by atoms with E-state index in [9.17, 15) is 9.90 Å². The fourth-order valence-corrected chi connectivity index (χ4v) is 2.44. The molecule has 1 aliphatic rings. The van der Waals surface area contributed by atoms with Gasteiger partial charge in [0.15, 0.2) is 0 Å². The normalized spacial score (nSPS) is 19.9. The van der Waals surface area contributed by atoms with Crippen LogP contribution in [0.1, 0.15) is 29.8 Å². The Labute approximate surface area is 101 Å². The van der Waals surface area contributed by atoms with Gasteiger partial charge in [-0.15, -0.1) is 0 Å². The zero-order chi connectivity index (χ0) is 12.4. The SMILES string of the molecule is Cc1n[nH]c(C)c1CC(=O)N1CCCC1CO. The third kappa shape index (κ3) is 2.34. The molecule has 0 aliphatic carbocycles. The molecule has 1 saturated heterocycles. The summed E-state index contributed by atoms with van der Waals surface area (Å²) in [5, 5.41) is 16.2. The number of aliphatic hydroxyl groups excluding tert-OH is 1. The predicted octanol–water partition coefficient (Wildman–Crippen LogP) is 0.552. The molecule has 2 heterocycles. The van der Waals surface area contributed by atoms with Crippen molar-refractivity contribution in [2.45, 2.75) is 39.2 Å². The van der Waals surface area contributed by atoms with Crippen molar-refractivity contribution in [3.05, 3.63) is 17.0 Å². The summed E-state index contributed by atoms with van der Waals surface area (Å²) in [7, 11) is 0. The Morgan fingerprint density at radius 3 is 2.94 bits per heavy atom. The first-order chi connectivity index (χ1) is 8.13. The number of aromatic amines is 1. The smallest absolute Gasteiger partial charge is 0.227 e. The Morgan fingerprint density at radius 2 is 2.35 bits per heavy atom. The number of nitrogens with zero attached hydrogens (tertiary/aromatic N) is 2. The van der Waals surface area contributed by atoms with Gasteiger partial charge in [-0.2, -0.15) is 5.10 Å². The largest absolute Gasteiger partial charge is 0.394 e. The molecule has 0 radical (unpaired) electrons. The van der Waals surface area contributed by atoms with Crippen LogP contribution in [-0.2, 0) is 11.2 Å². The number of aryl methyl sites for hydroxylation is 2. The van der Waals surface area contributed by atoms with E-state index in [1.165, 1.54) is 0 Å². The van der Waals surface area contributed by atoms with Gasteiger partial charge in [0, 0.05) is 17.8 Å². The third-order valence-corrected chi connectivity index (χ3v) is 3.52. The number of hydrogen-bond acceptors (Lipinski definition) is 3. The molecule has 1 unspecified atom stereocenters. The lowest BCUT2D eigenvalue weighted by molar-refractivity contribution is -0.132. The highest BCUT2D eigenvalue weighted by molar-refractivity contribution is 5.79. The van der Waals surface area contributed by atoms with E-state index in [4.69, 9.17) is 0 Å². The van der Waals surface area contributed by atoms with Crippen LogP contribution in [0.2, 0.25) is 0 Å². The summed E-state index contributed by atoms with van der Waals surface area (Å²) in [5.41, 5.74) is 2.82. The van der Waals surface area contributed by atoms with Gasteiger partial charge in [0.05, 0.1) is 24.8 Å². The number of hydrogen-bond donors (Lipinski definition) is 2. The summed E-state index contributed by atoms with van der Waals surface area (Å²) in [4.78, 5) is 14.0.